The van der Waals surface area contributed by atoms with Gasteiger partial charge in [0.1, 0.15) is 5.75 Å². The van der Waals surface area contributed by atoms with E-state index in [1.54, 1.807) is 23.9 Å². The SMILES string of the molecule is CCOc1ccc(NC(=O)NCc2nnc(SCc3ccccc3C)n2-c2cc(Cl)ccc2C)cc1. The van der Waals surface area contributed by atoms with Gasteiger partial charge in [0.25, 0.3) is 0 Å². The molecule has 0 fully saturated rings. The number of hydrogen-bond donors (Lipinski definition) is 2. The summed E-state index contributed by atoms with van der Waals surface area (Å²) in [5.74, 6) is 2.11. The van der Waals surface area contributed by atoms with Crippen LogP contribution in [-0.4, -0.2) is 27.4 Å². The molecule has 0 aliphatic carbocycles. The maximum atomic E-state index is 12.6. The van der Waals surface area contributed by atoms with Gasteiger partial charge in [0.15, 0.2) is 11.0 Å². The second-order valence-corrected chi connectivity index (χ2v) is 9.52. The smallest absolute Gasteiger partial charge is 0.319 e. The normalized spacial score (nSPS) is 10.8. The van der Waals surface area contributed by atoms with Gasteiger partial charge in [-0.1, -0.05) is 53.7 Å². The molecule has 0 aliphatic heterocycles. The zero-order chi connectivity index (χ0) is 25.5. The van der Waals surface area contributed by atoms with E-state index in [1.807, 2.05) is 60.9 Å². The molecule has 9 heteroatoms. The lowest BCUT2D eigenvalue weighted by Crippen LogP contribution is -2.29. The molecule has 36 heavy (non-hydrogen) atoms. The highest BCUT2D eigenvalue weighted by molar-refractivity contribution is 7.98. The van der Waals surface area contributed by atoms with Gasteiger partial charge in [-0.25, -0.2) is 4.79 Å². The first kappa shape index (κ1) is 25.6. The fourth-order valence-electron chi connectivity index (χ4n) is 3.62. The van der Waals surface area contributed by atoms with E-state index in [1.165, 1.54) is 11.1 Å². The number of anilines is 1. The van der Waals surface area contributed by atoms with Gasteiger partial charge in [0, 0.05) is 16.5 Å². The van der Waals surface area contributed by atoms with Crippen LogP contribution in [-0.2, 0) is 12.3 Å². The van der Waals surface area contributed by atoms with Gasteiger partial charge in [-0.15, -0.1) is 10.2 Å². The summed E-state index contributed by atoms with van der Waals surface area (Å²) in [6.07, 6.45) is 0. The van der Waals surface area contributed by atoms with E-state index in [0.717, 1.165) is 27.9 Å². The van der Waals surface area contributed by atoms with Crippen LogP contribution in [0.2, 0.25) is 5.02 Å². The number of hydrogen-bond acceptors (Lipinski definition) is 5. The minimum atomic E-state index is -0.342. The van der Waals surface area contributed by atoms with Crippen molar-refractivity contribution in [2.24, 2.45) is 0 Å². The number of nitrogens with zero attached hydrogens (tertiary/aromatic N) is 3. The second kappa shape index (κ2) is 12.0. The van der Waals surface area contributed by atoms with Crippen molar-refractivity contribution in [3.05, 3.63) is 94.3 Å². The molecule has 2 N–H and O–H groups in total. The molecular weight excluding hydrogens is 494 g/mol. The van der Waals surface area contributed by atoms with Crippen LogP contribution in [0.4, 0.5) is 10.5 Å². The Morgan fingerprint density at radius 3 is 2.56 bits per heavy atom. The molecule has 0 bridgehead atoms. The molecule has 0 aliphatic rings. The molecule has 0 saturated carbocycles. The molecule has 186 valence electrons. The highest BCUT2D eigenvalue weighted by Gasteiger charge is 2.18. The number of aromatic nitrogens is 3. The van der Waals surface area contributed by atoms with Gasteiger partial charge < -0.3 is 15.4 Å². The van der Waals surface area contributed by atoms with Crippen molar-refractivity contribution in [2.45, 2.75) is 38.2 Å². The van der Waals surface area contributed by atoms with Gasteiger partial charge in [0.2, 0.25) is 0 Å². The number of carbonyl (C=O) groups excluding carboxylic acids is 1. The first-order valence-electron chi connectivity index (χ1n) is 11.6. The molecule has 0 saturated heterocycles. The first-order valence-corrected chi connectivity index (χ1v) is 13.0. The lowest BCUT2D eigenvalue weighted by atomic mass is 10.1. The maximum Gasteiger partial charge on any atom is 0.319 e. The van der Waals surface area contributed by atoms with Crippen molar-refractivity contribution in [2.75, 3.05) is 11.9 Å². The minimum Gasteiger partial charge on any atom is -0.494 e. The number of ether oxygens (including phenoxy) is 1. The monoisotopic (exact) mass is 521 g/mol. The lowest BCUT2D eigenvalue weighted by molar-refractivity contribution is 0.251. The average Bonchev–Trinajstić information content (AvgIpc) is 3.27. The zero-order valence-electron chi connectivity index (χ0n) is 20.4. The van der Waals surface area contributed by atoms with Crippen LogP contribution in [0.5, 0.6) is 5.75 Å². The zero-order valence-corrected chi connectivity index (χ0v) is 22.0. The van der Waals surface area contributed by atoms with Crippen LogP contribution >= 0.6 is 23.4 Å². The molecular formula is C27H28ClN5O2S. The topological polar surface area (TPSA) is 81.1 Å². The molecule has 1 heterocycles. The summed E-state index contributed by atoms with van der Waals surface area (Å²) in [6.45, 7) is 6.81. The average molecular weight is 522 g/mol. The number of rotatable bonds is 9. The number of aryl methyl sites for hydroxylation is 2. The third-order valence-corrected chi connectivity index (χ3v) is 6.77. The summed E-state index contributed by atoms with van der Waals surface area (Å²) >= 11 is 7.92. The summed E-state index contributed by atoms with van der Waals surface area (Å²) in [5, 5.41) is 15.9. The van der Waals surface area contributed by atoms with Crippen molar-refractivity contribution < 1.29 is 9.53 Å². The van der Waals surface area contributed by atoms with Crippen molar-refractivity contribution in [1.82, 2.24) is 20.1 Å². The van der Waals surface area contributed by atoms with E-state index < -0.39 is 0 Å². The van der Waals surface area contributed by atoms with Crippen LogP contribution in [0.15, 0.2) is 71.9 Å². The predicted molar refractivity (Wildman–Crippen MR) is 145 cm³/mol. The highest BCUT2D eigenvalue weighted by Crippen LogP contribution is 2.29. The lowest BCUT2D eigenvalue weighted by Gasteiger charge is -2.14. The van der Waals surface area contributed by atoms with Crippen LogP contribution < -0.4 is 15.4 Å². The van der Waals surface area contributed by atoms with E-state index in [4.69, 9.17) is 16.3 Å². The van der Waals surface area contributed by atoms with Crippen molar-refractivity contribution in [3.8, 4) is 11.4 Å². The van der Waals surface area contributed by atoms with E-state index in [-0.39, 0.29) is 12.6 Å². The number of carbonyl (C=O) groups is 1. The number of amides is 2. The summed E-state index contributed by atoms with van der Waals surface area (Å²) < 4.78 is 7.40. The molecule has 0 unspecified atom stereocenters. The van der Waals surface area contributed by atoms with E-state index in [9.17, 15) is 4.79 Å². The summed E-state index contributed by atoms with van der Waals surface area (Å²) in [6, 6.07) is 20.9. The van der Waals surface area contributed by atoms with E-state index in [0.29, 0.717) is 23.1 Å². The molecule has 1 aromatic heterocycles. The number of thioether (sulfide) groups is 1. The number of nitrogens with one attached hydrogen (secondary N) is 2. The Kier molecular flexibility index (Phi) is 8.51. The summed E-state index contributed by atoms with van der Waals surface area (Å²) in [5.41, 5.74) is 5.02. The van der Waals surface area contributed by atoms with Crippen molar-refractivity contribution >= 4 is 35.1 Å². The Labute approximate surface area is 220 Å². The van der Waals surface area contributed by atoms with Gasteiger partial charge in [-0.2, -0.15) is 0 Å². The second-order valence-electron chi connectivity index (χ2n) is 8.15. The quantitative estimate of drug-likeness (QED) is 0.244. The van der Waals surface area contributed by atoms with E-state index >= 15 is 0 Å². The molecule has 0 spiro atoms. The van der Waals surface area contributed by atoms with Gasteiger partial charge in [-0.05, 0) is 73.9 Å². The van der Waals surface area contributed by atoms with Crippen LogP contribution in [0.3, 0.4) is 0 Å². The first-order chi connectivity index (χ1) is 17.4. The predicted octanol–water partition coefficient (Wildman–Crippen LogP) is 6.55. The maximum absolute atomic E-state index is 12.6. The molecule has 2 amide bonds. The largest absolute Gasteiger partial charge is 0.494 e. The van der Waals surface area contributed by atoms with Crippen molar-refractivity contribution in [3.63, 3.8) is 0 Å². The van der Waals surface area contributed by atoms with Crippen LogP contribution in [0, 0.1) is 13.8 Å². The van der Waals surface area contributed by atoms with E-state index in [2.05, 4.69) is 39.9 Å². The minimum absolute atomic E-state index is 0.187. The third kappa shape index (κ3) is 6.38. The molecule has 0 atom stereocenters. The highest BCUT2D eigenvalue weighted by atomic mass is 35.5. The molecule has 0 radical (unpaired) electrons. The van der Waals surface area contributed by atoms with Gasteiger partial charge >= 0.3 is 6.03 Å². The Balaban J connectivity index is 1.52. The Hall–Kier alpha value is -3.49. The van der Waals surface area contributed by atoms with Gasteiger partial charge in [-0.3, -0.25) is 4.57 Å². The van der Waals surface area contributed by atoms with Crippen molar-refractivity contribution in [1.29, 1.82) is 0 Å². The summed E-state index contributed by atoms with van der Waals surface area (Å²) in [4.78, 5) is 12.6. The fourth-order valence-corrected chi connectivity index (χ4v) is 4.83. The third-order valence-electron chi connectivity index (χ3n) is 5.56. The Morgan fingerprint density at radius 1 is 1.03 bits per heavy atom. The number of halogens is 1. The number of urea groups is 1. The fraction of sp³-hybridized carbons (Fsp3) is 0.222. The molecule has 4 rings (SSSR count). The number of benzene rings is 3. The summed E-state index contributed by atoms with van der Waals surface area (Å²) in [7, 11) is 0. The van der Waals surface area contributed by atoms with Gasteiger partial charge in [0.05, 0.1) is 18.8 Å². The molecule has 3 aromatic carbocycles. The molecule has 7 nitrogen and oxygen atoms in total. The Morgan fingerprint density at radius 2 is 1.81 bits per heavy atom. The Bertz CT molecular complexity index is 1340. The van der Waals surface area contributed by atoms with Crippen LogP contribution in [0.1, 0.15) is 29.4 Å². The standard InChI is InChI=1S/C27H28ClN5O2S/c1-4-35-23-13-11-22(12-14-23)30-26(34)29-16-25-31-32-27(36-17-20-8-6-5-7-18(20)2)33(25)24-15-21(28)10-9-19(24)3/h5-15H,4,16-17H2,1-3H3,(H2,29,30,34). The van der Waals surface area contributed by atoms with Crippen LogP contribution in [0.25, 0.3) is 5.69 Å². The molecule has 4 aromatic rings.